The van der Waals surface area contributed by atoms with Crippen molar-refractivity contribution in [2.24, 2.45) is 5.92 Å². The van der Waals surface area contributed by atoms with E-state index in [-0.39, 0.29) is 5.91 Å². The fraction of sp³-hybridized carbons (Fsp3) is 0.462. The average Bonchev–Trinajstić information content (AvgIpc) is 2.86. The SMILES string of the molecule is Cc1cc(C(=O)NCC2C=CCC2)sc1C. The van der Waals surface area contributed by atoms with Gasteiger partial charge >= 0.3 is 0 Å². The van der Waals surface area contributed by atoms with Gasteiger partial charge in [0, 0.05) is 11.4 Å². The highest BCUT2D eigenvalue weighted by atomic mass is 32.1. The summed E-state index contributed by atoms with van der Waals surface area (Å²) < 4.78 is 0. The first-order valence-electron chi connectivity index (χ1n) is 5.68. The van der Waals surface area contributed by atoms with Crippen LogP contribution in [-0.4, -0.2) is 12.5 Å². The molecule has 0 bridgehead atoms. The van der Waals surface area contributed by atoms with Crippen molar-refractivity contribution in [1.29, 1.82) is 0 Å². The van der Waals surface area contributed by atoms with Crippen LogP contribution in [0, 0.1) is 19.8 Å². The van der Waals surface area contributed by atoms with Gasteiger partial charge in [-0.15, -0.1) is 11.3 Å². The lowest BCUT2D eigenvalue weighted by Crippen LogP contribution is -2.27. The second-order valence-corrected chi connectivity index (χ2v) is 5.58. The molecule has 0 aromatic carbocycles. The van der Waals surface area contributed by atoms with E-state index >= 15 is 0 Å². The molecular weight excluding hydrogens is 218 g/mol. The summed E-state index contributed by atoms with van der Waals surface area (Å²) in [5.74, 6) is 0.604. The van der Waals surface area contributed by atoms with Gasteiger partial charge < -0.3 is 5.32 Å². The number of carbonyl (C=O) groups excluding carboxylic acids is 1. The van der Waals surface area contributed by atoms with Gasteiger partial charge in [0.25, 0.3) is 5.91 Å². The molecule has 1 aliphatic rings. The number of rotatable bonds is 3. The van der Waals surface area contributed by atoms with Crippen molar-refractivity contribution < 1.29 is 4.79 Å². The summed E-state index contributed by atoms with van der Waals surface area (Å²) >= 11 is 1.57. The predicted molar refractivity (Wildman–Crippen MR) is 68.0 cm³/mol. The summed E-state index contributed by atoms with van der Waals surface area (Å²) in [7, 11) is 0. The van der Waals surface area contributed by atoms with Gasteiger partial charge in [0.05, 0.1) is 4.88 Å². The molecule has 2 rings (SSSR count). The minimum absolute atomic E-state index is 0.0708. The van der Waals surface area contributed by atoms with Gasteiger partial charge in [-0.25, -0.2) is 0 Å². The fourth-order valence-corrected chi connectivity index (χ4v) is 2.81. The molecule has 0 spiro atoms. The summed E-state index contributed by atoms with van der Waals surface area (Å²) in [4.78, 5) is 13.9. The van der Waals surface area contributed by atoms with Gasteiger partial charge in [-0.1, -0.05) is 12.2 Å². The molecule has 0 saturated heterocycles. The van der Waals surface area contributed by atoms with Crippen molar-refractivity contribution in [1.82, 2.24) is 5.32 Å². The maximum Gasteiger partial charge on any atom is 0.261 e. The second-order valence-electron chi connectivity index (χ2n) is 4.33. The van der Waals surface area contributed by atoms with Crippen molar-refractivity contribution in [3.63, 3.8) is 0 Å². The third-order valence-corrected chi connectivity index (χ3v) is 4.18. The van der Waals surface area contributed by atoms with Gasteiger partial charge in [-0.3, -0.25) is 4.79 Å². The lowest BCUT2D eigenvalue weighted by Gasteiger charge is -2.08. The third kappa shape index (κ3) is 2.53. The van der Waals surface area contributed by atoms with Crippen LogP contribution >= 0.6 is 11.3 Å². The molecule has 1 unspecified atom stereocenters. The molecule has 1 heterocycles. The Bertz CT molecular complexity index is 400. The molecule has 1 aliphatic carbocycles. The summed E-state index contributed by atoms with van der Waals surface area (Å²) in [5, 5.41) is 3.00. The maximum absolute atomic E-state index is 11.8. The van der Waals surface area contributed by atoms with Gasteiger partial charge in [0.15, 0.2) is 0 Å². The Kier molecular flexibility index (Phi) is 3.44. The highest BCUT2D eigenvalue weighted by Gasteiger charge is 2.13. The zero-order valence-electron chi connectivity index (χ0n) is 9.75. The number of amides is 1. The summed E-state index contributed by atoms with van der Waals surface area (Å²) in [6.07, 6.45) is 6.71. The van der Waals surface area contributed by atoms with Crippen LogP contribution in [0.1, 0.15) is 33.0 Å². The number of aryl methyl sites for hydroxylation is 2. The van der Waals surface area contributed by atoms with Crippen molar-refractivity contribution in [3.8, 4) is 0 Å². The lowest BCUT2D eigenvalue weighted by molar-refractivity contribution is 0.0953. The van der Waals surface area contributed by atoms with Crippen molar-refractivity contribution in [3.05, 3.63) is 33.5 Å². The first kappa shape index (κ1) is 11.4. The normalized spacial score (nSPS) is 19.0. The smallest absolute Gasteiger partial charge is 0.261 e. The van der Waals surface area contributed by atoms with Crippen LogP contribution < -0.4 is 5.32 Å². The monoisotopic (exact) mass is 235 g/mol. The number of hydrogen-bond donors (Lipinski definition) is 1. The molecule has 86 valence electrons. The molecule has 1 atom stereocenters. The molecule has 0 saturated carbocycles. The molecule has 1 amide bonds. The van der Waals surface area contributed by atoms with E-state index in [0.717, 1.165) is 17.8 Å². The lowest BCUT2D eigenvalue weighted by atomic mass is 10.1. The number of carbonyl (C=O) groups is 1. The largest absolute Gasteiger partial charge is 0.351 e. The predicted octanol–water partition coefficient (Wildman–Crippen LogP) is 3.06. The summed E-state index contributed by atoms with van der Waals surface area (Å²) in [5.41, 5.74) is 1.20. The zero-order chi connectivity index (χ0) is 11.5. The van der Waals surface area contributed by atoms with Crippen LogP contribution in [0.2, 0.25) is 0 Å². The zero-order valence-corrected chi connectivity index (χ0v) is 10.6. The van der Waals surface area contributed by atoms with E-state index in [9.17, 15) is 4.79 Å². The highest BCUT2D eigenvalue weighted by molar-refractivity contribution is 7.14. The fourth-order valence-electron chi connectivity index (χ4n) is 1.86. The number of thiophene rings is 1. The Morgan fingerprint density at radius 2 is 2.38 bits per heavy atom. The van der Waals surface area contributed by atoms with E-state index in [4.69, 9.17) is 0 Å². The third-order valence-electron chi connectivity index (χ3n) is 3.03. The van der Waals surface area contributed by atoms with Gasteiger partial charge in [-0.05, 0) is 44.2 Å². The Balaban J connectivity index is 1.90. The van der Waals surface area contributed by atoms with Crippen molar-refractivity contribution in [2.75, 3.05) is 6.54 Å². The van der Waals surface area contributed by atoms with Crippen LogP contribution in [0.3, 0.4) is 0 Å². The highest BCUT2D eigenvalue weighted by Crippen LogP contribution is 2.21. The van der Waals surface area contributed by atoms with Crippen molar-refractivity contribution >= 4 is 17.2 Å². The molecule has 0 aliphatic heterocycles. The van der Waals surface area contributed by atoms with Crippen LogP contribution in [0.25, 0.3) is 0 Å². The molecule has 0 radical (unpaired) electrons. The standard InChI is InChI=1S/C13H17NOS/c1-9-7-12(16-10(9)2)13(15)14-8-11-5-3-4-6-11/h3,5,7,11H,4,6,8H2,1-2H3,(H,14,15). The van der Waals surface area contributed by atoms with Crippen LogP contribution in [-0.2, 0) is 0 Å². The molecule has 3 heteroatoms. The van der Waals surface area contributed by atoms with E-state index in [1.54, 1.807) is 11.3 Å². The topological polar surface area (TPSA) is 29.1 Å². The van der Waals surface area contributed by atoms with Crippen molar-refractivity contribution in [2.45, 2.75) is 26.7 Å². The first-order chi connectivity index (χ1) is 7.66. The summed E-state index contributed by atoms with van der Waals surface area (Å²) in [6.45, 7) is 4.87. The van der Waals surface area contributed by atoms with E-state index in [1.807, 2.05) is 13.0 Å². The Labute approximate surface area is 100 Å². The van der Waals surface area contributed by atoms with E-state index in [0.29, 0.717) is 5.92 Å². The number of allylic oxidation sites excluding steroid dienone is 1. The first-order valence-corrected chi connectivity index (χ1v) is 6.50. The van der Waals surface area contributed by atoms with Crippen LogP contribution in [0.5, 0.6) is 0 Å². The quantitative estimate of drug-likeness (QED) is 0.802. The molecule has 1 aromatic rings. The van der Waals surface area contributed by atoms with E-state index < -0.39 is 0 Å². The van der Waals surface area contributed by atoms with E-state index in [1.165, 1.54) is 16.9 Å². The minimum atomic E-state index is 0.0708. The second kappa shape index (κ2) is 4.83. The molecular formula is C13H17NOS. The van der Waals surface area contributed by atoms with E-state index in [2.05, 4.69) is 24.4 Å². The number of hydrogen-bond acceptors (Lipinski definition) is 2. The van der Waals surface area contributed by atoms with Gasteiger partial charge in [0.1, 0.15) is 0 Å². The Hall–Kier alpha value is -1.09. The average molecular weight is 235 g/mol. The molecule has 1 aromatic heterocycles. The van der Waals surface area contributed by atoms with Gasteiger partial charge in [-0.2, -0.15) is 0 Å². The Morgan fingerprint density at radius 1 is 1.56 bits per heavy atom. The Morgan fingerprint density at radius 3 is 2.94 bits per heavy atom. The molecule has 2 nitrogen and oxygen atoms in total. The maximum atomic E-state index is 11.8. The van der Waals surface area contributed by atoms with Gasteiger partial charge in [0.2, 0.25) is 0 Å². The molecule has 16 heavy (non-hydrogen) atoms. The van der Waals surface area contributed by atoms with Crippen LogP contribution in [0.15, 0.2) is 18.2 Å². The summed E-state index contributed by atoms with van der Waals surface area (Å²) in [6, 6.07) is 1.97. The number of nitrogens with one attached hydrogen (secondary N) is 1. The molecule has 0 fully saturated rings. The molecule has 1 N–H and O–H groups in total. The van der Waals surface area contributed by atoms with Crippen LogP contribution in [0.4, 0.5) is 0 Å². The minimum Gasteiger partial charge on any atom is -0.351 e.